The number of anilines is 1. The van der Waals surface area contributed by atoms with Gasteiger partial charge in [0, 0.05) is 10.6 Å². The number of pyridine rings is 1. The summed E-state index contributed by atoms with van der Waals surface area (Å²) in [5, 5.41) is 0.682. The lowest BCUT2D eigenvalue weighted by molar-refractivity contribution is 0.415. The van der Waals surface area contributed by atoms with Gasteiger partial charge in [-0.3, -0.25) is 0 Å². The molecule has 2 rings (SSSR count). The first-order valence-corrected chi connectivity index (χ1v) is 5.56. The monoisotopic (exact) mass is 248 g/mol. The van der Waals surface area contributed by atoms with E-state index in [2.05, 4.69) is 4.98 Å². The molecular formula is C13H13ClN2O. The SMILES string of the molecule is COc1ccc(-c2cc(Cl)ccc2C)nc1N. The molecule has 0 bridgehead atoms. The number of nitrogens with zero attached hydrogens (tertiary/aromatic N) is 1. The largest absolute Gasteiger partial charge is 0.493 e. The van der Waals surface area contributed by atoms with Gasteiger partial charge in [0.2, 0.25) is 0 Å². The smallest absolute Gasteiger partial charge is 0.166 e. The van der Waals surface area contributed by atoms with Crippen LogP contribution < -0.4 is 10.5 Å². The van der Waals surface area contributed by atoms with Gasteiger partial charge in [0.1, 0.15) is 0 Å². The van der Waals surface area contributed by atoms with Crippen LogP contribution >= 0.6 is 11.6 Å². The number of hydrogen-bond donors (Lipinski definition) is 1. The van der Waals surface area contributed by atoms with Crippen LogP contribution in [0.1, 0.15) is 5.56 Å². The highest BCUT2D eigenvalue weighted by atomic mass is 35.5. The Morgan fingerprint density at radius 3 is 2.65 bits per heavy atom. The van der Waals surface area contributed by atoms with Crippen molar-refractivity contribution in [1.82, 2.24) is 4.98 Å². The summed E-state index contributed by atoms with van der Waals surface area (Å²) in [7, 11) is 1.57. The van der Waals surface area contributed by atoms with Crippen LogP contribution in [-0.4, -0.2) is 12.1 Å². The number of aryl methyl sites for hydroxylation is 1. The molecule has 0 unspecified atom stereocenters. The fourth-order valence-electron chi connectivity index (χ4n) is 1.65. The van der Waals surface area contributed by atoms with Gasteiger partial charge in [-0.05, 0) is 36.8 Å². The molecule has 1 aromatic carbocycles. The molecule has 1 aromatic heterocycles. The zero-order valence-corrected chi connectivity index (χ0v) is 10.5. The first kappa shape index (κ1) is 11.7. The minimum absolute atomic E-state index is 0.379. The maximum atomic E-state index is 5.98. The van der Waals surface area contributed by atoms with E-state index in [0.29, 0.717) is 16.6 Å². The molecule has 0 fully saturated rings. The van der Waals surface area contributed by atoms with E-state index in [9.17, 15) is 0 Å². The van der Waals surface area contributed by atoms with Crippen molar-refractivity contribution >= 4 is 17.4 Å². The molecule has 88 valence electrons. The van der Waals surface area contributed by atoms with Crippen molar-refractivity contribution in [2.75, 3.05) is 12.8 Å². The lowest BCUT2D eigenvalue weighted by Crippen LogP contribution is -1.97. The van der Waals surface area contributed by atoms with Crippen LogP contribution in [0.4, 0.5) is 5.82 Å². The minimum atomic E-state index is 0.379. The zero-order valence-electron chi connectivity index (χ0n) is 9.70. The van der Waals surface area contributed by atoms with Crippen molar-refractivity contribution in [3.05, 3.63) is 40.9 Å². The number of aromatic nitrogens is 1. The summed E-state index contributed by atoms with van der Waals surface area (Å²) in [5.74, 6) is 0.956. The summed E-state index contributed by atoms with van der Waals surface area (Å²) in [6.45, 7) is 2.01. The Hall–Kier alpha value is -1.74. The second-order valence-corrected chi connectivity index (χ2v) is 4.18. The number of methoxy groups -OCH3 is 1. The average molecular weight is 249 g/mol. The van der Waals surface area contributed by atoms with Gasteiger partial charge < -0.3 is 10.5 Å². The molecule has 0 saturated carbocycles. The van der Waals surface area contributed by atoms with Crippen LogP contribution in [0, 0.1) is 6.92 Å². The van der Waals surface area contributed by atoms with Gasteiger partial charge in [0.05, 0.1) is 12.8 Å². The fourth-order valence-corrected chi connectivity index (χ4v) is 1.83. The average Bonchev–Trinajstić information content (AvgIpc) is 2.32. The quantitative estimate of drug-likeness (QED) is 0.887. The number of halogens is 1. The summed E-state index contributed by atoms with van der Waals surface area (Å²) >= 11 is 5.98. The lowest BCUT2D eigenvalue weighted by Gasteiger charge is -2.08. The molecule has 0 spiro atoms. The number of rotatable bonds is 2. The molecule has 17 heavy (non-hydrogen) atoms. The van der Waals surface area contributed by atoms with Crippen molar-refractivity contribution in [2.24, 2.45) is 0 Å². The number of ether oxygens (including phenoxy) is 1. The predicted octanol–water partition coefficient (Wildman–Crippen LogP) is 3.30. The third-order valence-corrected chi connectivity index (χ3v) is 2.82. The van der Waals surface area contributed by atoms with Crippen LogP contribution in [0.3, 0.4) is 0 Å². The molecule has 0 aliphatic rings. The number of benzene rings is 1. The van der Waals surface area contributed by atoms with Crippen LogP contribution in [0.15, 0.2) is 30.3 Å². The van der Waals surface area contributed by atoms with E-state index in [-0.39, 0.29) is 0 Å². The second-order valence-electron chi connectivity index (χ2n) is 3.74. The number of nitrogen functional groups attached to an aromatic ring is 1. The first-order valence-electron chi connectivity index (χ1n) is 5.19. The molecule has 0 saturated heterocycles. The summed E-state index contributed by atoms with van der Waals surface area (Å²) in [6, 6.07) is 9.37. The van der Waals surface area contributed by atoms with Crippen molar-refractivity contribution in [1.29, 1.82) is 0 Å². The third-order valence-electron chi connectivity index (χ3n) is 2.58. The summed E-state index contributed by atoms with van der Waals surface area (Å²) in [6.07, 6.45) is 0. The summed E-state index contributed by atoms with van der Waals surface area (Å²) in [5.41, 5.74) is 8.66. The Bertz CT molecular complexity index is 555. The second kappa shape index (κ2) is 4.63. The van der Waals surface area contributed by atoms with Crippen LogP contribution in [0.2, 0.25) is 5.02 Å². The van der Waals surface area contributed by atoms with Crippen molar-refractivity contribution in [2.45, 2.75) is 6.92 Å². The maximum Gasteiger partial charge on any atom is 0.166 e. The van der Waals surface area contributed by atoms with Gasteiger partial charge in [-0.25, -0.2) is 4.98 Å². The normalized spacial score (nSPS) is 10.3. The standard InChI is InChI=1S/C13H13ClN2O/c1-8-3-4-9(14)7-10(8)11-5-6-12(17-2)13(15)16-11/h3-7H,1-2H3,(H2,15,16). The van der Waals surface area contributed by atoms with Crippen LogP contribution in [0.25, 0.3) is 11.3 Å². The van der Waals surface area contributed by atoms with Gasteiger partial charge in [0.25, 0.3) is 0 Å². The molecule has 0 amide bonds. The van der Waals surface area contributed by atoms with Gasteiger partial charge in [-0.15, -0.1) is 0 Å². The summed E-state index contributed by atoms with van der Waals surface area (Å²) in [4.78, 5) is 4.31. The van der Waals surface area contributed by atoms with Crippen molar-refractivity contribution < 1.29 is 4.74 Å². The molecule has 2 aromatic rings. The van der Waals surface area contributed by atoms with E-state index in [4.69, 9.17) is 22.1 Å². The van der Waals surface area contributed by atoms with E-state index in [0.717, 1.165) is 16.8 Å². The Balaban J connectivity index is 2.53. The van der Waals surface area contributed by atoms with Gasteiger partial charge in [-0.2, -0.15) is 0 Å². The van der Waals surface area contributed by atoms with E-state index in [1.807, 2.05) is 31.2 Å². The van der Waals surface area contributed by atoms with Gasteiger partial charge >= 0.3 is 0 Å². The van der Waals surface area contributed by atoms with E-state index in [1.165, 1.54) is 0 Å². The highest BCUT2D eigenvalue weighted by Crippen LogP contribution is 2.28. The number of nitrogens with two attached hydrogens (primary N) is 1. The molecule has 3 nitrogen and oxygen atoms in total. The molecule has 0 aliphatic heterocycles. The summed E-state index contributed by atoms with van der Waals surface area (Å²) < 4.78 is 5.08. The minimum Gasteiger partial charge on any atom is -0.493 e. The predicted molar refractivity (Wildman–Crippen MR) is 70.4 cm³/mol. The Labute approximate surface area is 105 Å². The van der Waals surface area contributed by atoms with Crippen molar-refractivity contribution in [3.8, 4) is 17.0 Å². The molecule has 0 radical (unpaired) electrons. The fraction of sp³-hybridized carbons (Fsp3) is 0.154. The van der Waals surface area contributed by atoms with E-state index < -0.39 is 0 Å². The highest BCUT2D eigenvalue weighted by Gasteiger charge is 2.07. The third kappa shape index (κ3) is 2.34. The van der Waals surface area contributed by atoms with Crippen molar-refractivity contribution in [3.63, 3.8) is 0 Å². The molecular weight excluding hydrogens is 236 g/mol. The Morgan fingerprint density at radius 1 is 1.24 bits per heavy atom. The van der Waals surface area contributed by atoms with E-state index >= 15 is 0 Å². The Kier molecular flexibility index (Phi) is 3.20. The topological polar surface area (TPSA) is 48.1 Å². The Morgan fingerprint density at radius 2 is 2.00 bits per heavy atom. The lowest BCUT2D eigenvalue weighted by atomic mass is 10.1. The molecule has 2 N–H and O–H groups in total. The number of hydrogen-bond acceptors (Lipinski definition) is 3. The van der Waals surface area contributed by atoms with Crippen LogP contribution in [-0.2, 0) is 0 Å². The zero-order chi connectivity index (χ0) is 12.4. The molecule has 0 aliphatic carbocycles. The first-order chi connectivity index (χ1) is 8.11. The highest BCUT2D eigenvalue weighted by molar-refractivity contribution is 6.30. The molecule has 0 atom stereocenters. The van der Waals surface area contributed by atoms with Gasteiger partial charge in [0.15, 0.2) is 11.6 Å². The van der Waals surface area contributed by atoms with E-state index in [1.54, 1.807) is 13.2 Å². The molecule has 1 heterocycles. The van der Waals surface area contributed by atoms with Crippen LogP contribution in [0.5, 0.6) is 5.75 Å². The molecule has 4 heteroatoms. The maximum absolute atomic E-state index is 5.98. The van der Waals surface area contributed by atoms with Gasteiger partial charge in [-0.1, -0.05) is 17.7 Å².